The van der Waals surface area contributed by atoms with Crippen LogP contribution in [0.2, 0.25) is 5.02 Å². The van der Waals surface area contributed by atoms with Gasteiger partial charge in [0.1, 0.15) is 0 Å². The first-order valence-corrected chi connectivity index (χ1v) is 6.03. The van der Waals surface area contributed by atoms with Crippen molar-refractivity contribution in [3.63, 3.8) is 0 Å². The number of benzene rings is 1. The molecule has 0 amide bonds. The Bertz CT molecular complexity index is 364. The lowest BCUT2D eigenvalue weighted by molar-refractivity contribution is -0.144. The Morgan fingerprint density at radius 2 is 2.00 bits per heavy atom. The molecule has 0 aliphatic carbocycles. The average Bonchev–Trinajstić information content (AvgIpc) is 2.29. The van der Waals surface area contributed by atoms with E-state index in [2.05, 4.69) is 0 Å². The Balaban J connectivity index is 2.60. The summed E-state index contributed by atoms with van der Waals surface area (Å²) >= 11 is 5.83. The van der Waals surface area contributed by atoms with Crippen molar-refractivity contribution in [2.75, 3.05) is 20.2 Å². The Hall–Kier alpha value is -1.06. The Morgan fingerprint density at radius 1 is 1.41 bits per heavy atom. The summed E-state index contributed by atoms with van der Waals surface area (Å²) in [5, 5.41) is 0.717. The van der Waals surface area contributed by atoms with Gasteiger partial charge in [-0.05, 0) is 38.6 Å². The molecule has 0 heterocycles. The van der Waals surface area contributed by atoms with E-state index in [4.69, 9.17) is 16.3 Å². The summed E-state index contributed by atoms with van der Waals surface area (Å²) < 4.78 is 4.92. The van der Waals surface area contributed by atoms with Gasteiger partial charge in [-0.25, -0.2) is 0 Å². The van der Waals surface area contributed by atoms with Gasteiger partial charge in [-0.2, -0.15) is 0 Å². The van der Waals surface area contributed by atoms with Crippen molar-refractivity contribution in [2.24, 2.45) is 0 Å². The van der Waals surface area contributed by atoms with Gasteiger partial charge in [0.05, 0.1) is 13.2 Å². The van der Waals surface area contributed by atoms with E-state index in [0.29, 0.717) is 11.6 Å². The van der Waals surface area contributed by atoms with Crippen LogP contribution in [-0.2, 0) is 9.53 Å². The monoisotopic (exact) mass is 255 g/mol. The van der Waals surface area contributed by atoms with Gasteiger partial charge >= 0.3 is 5.97 Å². The highest BCUT2D eigenvalue weighted by atomic mass is 35.5. The lowest BCUT2D eigenvalue weighted by atomic mass is 10.1. The first-order chi connectivity index (χ1) is 8.04. The SMILES string of the molecule is CCOC(=O)CN(C)C(C)c1ccc(Cl)cc1. The second kappa shape index (κ2) is 6.62. The fraction of sp³-hybridized carbons (Fsp3) is 0.462. The zero-order chi connectivity index (χ0) is 12.8. The van der Waals surface area contributed by atoms with Crippen molar-refractivity contribution in [3.05, 3.63) is 34.9 Å². The Kier molecular flexibility index (Phi) is 5.45. The summed E-state index contributed by atoms with van der Waals surface area (Å²) in [4.78, 5) is 13.3. The van der Waals surface area contributed by atoms with E-state index in [1.165, 1.54) is 0 Å². The van der Waals surface area contributed by atoms with Gasteiger partial charge in [0.15, 0.2) is 0 Å². The molecule has 0 aliphatic heterocycles. The van der Waals surface area contributed by atoms with Crippen LogP contribution < -0.4 is 0 Å². The topological polar surface area (TPSA) is 29.5 Å². The normalized spacial score (nSPS) is 12.5. The molecule has 0 saturated carbocycles. The molecule has 0 fully saturated rings. The molecule has 1 aromatic carbocycles. The number of halogens is 1. The minimum atomic E-state index is -0.198. The summed E-state index contributed by atoms with van der Waals surface area (Å²) in [6, 6.07) is 7.79. The third-order valence-electron chi connectivity index (χ3n) is 2.70. The Morgan fingerprint density at radius 3 is 2.53 bits per heavy atom. The third kappa shape index (κ3) is 4.36. The van der Waals surface area contributed by atoms with Crippen LogP contribution in [-0.4, -0.2) is 31.1 Å². The highest BCUT2D eigenvalue weighted by molar-refractivity contribution is 6.30. The molecule has 1 unspecified atom stereocenters. The van der Waals surface area contributed by atoms with Gasteiger partial charge in [-0.1, -0.05) is 23.7 Å². The molecule has 0 saturated heterocycles. The molecule has 94 valence electrons. The lowest BCUT2D eigenvalue weighted by Crippen LogP contribution is -2.29. The van der Waals surface area contributed by atoms with Crippen molar-refractivity contribution in [3.8, 4) is 0 Å². The maximum absolute atomic E-state index is 11.4. The molecule has 0 aromatic heterocycles. The molecule has 1 aromatic rings. The van der Waals surface area contributed by atoms with Crippen molar-refractivity contribution in [1.29, 1.82) is 0 Å². The van der Waals surface area contributed by atoms with E-state index in [1.54, 1.807) is 6.92 Å². The van der Waals surface area contributed by atoms with Gasteiger partial charge in [-0.15, -0.1) is 0 Å². The van der Waals surface area contributed by atoms with Gasteiger partial charge < -0.3 is 4.74 Å². The van der Waals surface area contributed by atoms with Crippen LogP contribution >= 0.6 is 11.6 Å². The molecule has 0 bridgehead atoms. The zero-order valence-corrected chi connectivity index (χ0v) is 11.2. The number of carbonyl (C=O) groups is 1. The minimum Gasteiger partial charge on any atom is -0.465 e. The molecular formula is C13H18ClNO2. The van der Waals surface area contributed by atoms with Gasteiger partial charge in [-0.3, -0.25) is 9.69 Å². The number of likely N-dealkylation sites (N-methyl/N-ethyl adjacent to an activating group) is 1. The maximum atomic E-state index is 11.4. The molecule has 4 heteroatoms. The van der Waals surface area contributed by atoms with Crippen LogP contribution in [0.25, 0.3) is 0 Å². The fourth-order valence-electron chi connectivity index (χ4n) is 1.54. The number of carbonyl (C=O) groups excluding carboxylic acids is 1. The number of ether oxygens (including phenoxy) is 1. The largest absolute Gasteiger partial charge is 0.465 e. The molecule has 1 atom stereocenters. The van der Waals surface area contributed by atoms with Crippen LogP contribution in [0, 0.1) is 0 Å². The van der Waals surface area contributed by atoms with Gasteiger partial charge in [0, 0.05) is 11.1 Å². The summed E-state index contributed by atoms with van der Waals surface area (Å²) in [6.07, 6.45) is 0. The van der Waals surface area contributed by atoms with Crippen LogP contribution in [0.3, 0.4) is 0 Å². The quantitative estimate of drug-likeness (QED) is 0.758. The molecule has 0 aliphatic rings. The van der Waals surface area contributed by atoms with E-state index < -0.39 is 0 Å². The predicted octanol–water partition coefficient (Wildman–Crippen LogP) is 2.90. The first-order valence-electron chi connectivity index (χ1n) is 5.66. The van der Waals surface area contributed by atoms with Gasteiger partial charge in [0.2, 0.25) is 0 Å². The van der Waals surface area contributed by atoms with E-state index in [9.17, 15) is 4.79 Å². The number of hydrogen-bond acceptors (Lipinski definition) is 3. The van der Waals surface area contributed by atoms with E-state index in [1.807, 2.05) is 43.1 Å². The first kappa shape index (κ1) is 14.0. The van der Waals surface area contributed by atoms with E-state index in [-0.39, 0.29) is 18.6 Å². The average molecular weight is 256 g/mol. The van der Waals surface area contributed by atoms with Gasteiger partial charge in [0.25, 0.3) is 0 Å². The second-order valence-electron chi connectivity index (χ2n) is 3.95. The summed E-state index contributed by atoms with van der Waals surface area (Å²) in [6.45, 7) is 4.56. The van der Waals surface area contributed by atoms with E-state index in [0.717, 1.165) is 5.56 Å². The molecule has 17 heavy (non-hydrogen) atoms. The van der Waals surface area contributed by atoms with Crippen molar-refractivity contribution in [2.45, 2.75) is 19.9 Å². The van der Waals surface area contributed by atoms with E-state index >= 15 is 0 Å². The summed E-state index contributed by atoms with van der Waals surface area (Å²) in [5.41, 5.74) is 1.13. The Labute approximate surface area is 107 Å². The van der Waals surface area contributed by atoms with Crippen molar-refractivity contribution in [1.82, 2.24) is 4.90 Å². The van der Waals surface area contributed by atoms with Crippen LogP contribution in [0.5, 0.6) is 0 Å². The highest BCUT2D eigenvalue weighted by Gasteiger charge is 2.15. The molecule has 0 radical (unpaired) electrons. The van der Waals surface area contributed by atoms with Crippen LogP contribution in [0.1, 0.15) is 25.5 Å². The predicted molar refractivity (Wildman–Crippen MR) is 69.1 cm³/mol. The maximum Gasteiger partial charge on any atom is 0.320 e. The summed E-state index contributed by atoms with van der Waals surface area (Å²) in [7, 11) is 1.90. The summed E-state index contributed by atoms with van der Waals surface area (Å²) in [5.74, 6) is -0.198. The smallest absolute Gasteiger partial charge is 0.320 e. The standard InChI is InChI=1S/C13H18ClNO2/c1-4-17-13(16)9-15(3)10(2)11-5-7-12(14)8-6-11/h5-8,10H,4,9H2,1-3H3. The third-order valence-corrected chi connectivity index (χ3v) is 2.95. The molecule has 3 nitrogen and oxygen atoms in total. The number of nitrogens with zero attached hydrogens (tertiary/aromatic N) is 1. The zero-order valence-electron chi connectivity index (χ0n) is 10.4. The fourth-order valence-corrected chi connectivity index (χ4v) is 1.67. The number of esters is 1. The molecule has 1 rings (SSSR count). The minimum absolute atomic E-state index is 0.150. The van der Waals surface area contributed by atoms with Crippen LogP contribution in [0.15, 0.2) is 24.3 Å². The lowest BCUT2D eigenvalue weighted by Gasteiger charge is -2.24. The molecule has 0 spiro atoms. The molecular weight excluding hydrogens is 238 g/mol. The van der Waals surface area contributed by atoms with Crippen molar-refractivity contribution < 1.29 is 9.53 Å². The number of rotatable bonds is 5. The van der Waals surface area contributed by atoms with Crippen LogP contribution in [0.4, 0.5) is 0 Å². The highest BCUT2D eigenvalue weighted by Crippen LogP contribution is 2.20. The second-order valence-corrected chi connectivity index (χ2v) is 4.38. The van der Waals surface area contributed by atoms with Crippen molar-refractivity contribution >= 4 is 17.6 Å². The molecule has 0 N–H and O–H groups in total. The number of hydrogen-bond donors (Lipinski definition) is 0.